The molecule has 1 aliphatic rings. The first-order valence-corrected chi connectivity index (χ1v) is 8.44. The highest BCUT2D eigenvalue weighted by molar-refractivity contribution is 6.25. The maximum Gasteiger partial charge on any atom is 0.0513 e. The van der Waals surface area contributed by atoms with Gasteiger partial charge in [-0.3, -0.25) is 0 Å². The summed E-state index contributed by atoms with van der Waals surface area (Å²) < 4.78 is 0. The van der Waals surface area contributed by atoms with Crippen LogP contribution < -0.4 is 0 Å². The molecule has 0 saturated carbocycles. The summed E-state index contributed by atoms with van der Waals surface area (Å²) in [7, 11) is 0. The Balaban J connectivity index is 1.94. The third-order valence-corrected chi connectivity index (χ3v) is 5.43. The lowest BCUT2D eigenvalue weighted by Crippen LogP contribution is -1.86. The van der Waals surface area contributed by atoms with Crippen molar-refractivity contribution in [2.24, 2.45) is 0 Å². The number of aromatic amines is 1. The zero-order valence-electron chi connectivity index (χ0n) is 13.1. The zero-order chi connectivity index (χ0) is 15.7. The number of para-hydroxylation sites is 1. The molecule has 0 bridgehead atoms. The molecule has 1 nitrogen and oxygen atoms in total. The van der Waals surface area contributed by atoms with Crippen LogP contribution in [0, 0.1) is 0 Å². The SMILES string of the molecule is c1ccc2c(c1)Cc1c-2c2ccccc2c2c1[nH]c1ccccc12. The van der Waals surface area contributed by atoms with Crippen LogP contribution in [0.3, 0.4) is 0 Å². The second kappa shape index (κ2) is 4.27. The lowest BCUT2D eigenvalue weighted by atomic mass is 9.94. The van der Waals surface area contributed by atoms with Gasteiger partial charge in [0.2, 0.25) is 0 Å². The van der Waals surface area contributed by atoms with Gasteiger partial charge in [0.1, 0.15) is 0 Å². The van der Waals surface area contributed by atoms with E-state index in [9.17, 15) is 0 Å². The average molecular weight is 305 g/mol. The van der Waals surface area contributed by atoms with Crippen LogP contribution >= 0.6 is 0 Å². The summed E-state index contributed by atoms with van der Waals surface area (Å²) >= 11 is 0. The van der Waals surface area contributed by atoms with Crippen LogP contribution in [0.25, 0.3) is 43.7 Å². The summed E-state index contributed by atoms with van der Waals surface area (Å²) in [6.07, 6.45) is 1.01. The maximum absolute atomic E-state index is 3.71. The van der Waals surface area contributed by atoms with Crippen molar-refractivity contribution >= 4 is 32.6 Å². The van der Waals surface area contributed by atoms with E-state index in [0.29, 0.717) is 0 Å². The molecular weight excluding hydrogens is 290 g/mol. The molecular formula is C23H15N. The standard InChI is InChI=1S/C23H15N/c1-2-8-15-14(7-1)13-19-21(15)16-9-3-4-10-17(16)22-18-11-5-6-12-20(18)24-23(19)22/h1-12,24H,13H2. The van der Waals surface area contributed by atoms with E-state index in [2.05, 4.69) is 77.8 Å². The molecule has 0 atom stereocenters. The number of rotatable bonds is 0. The van der Waals surface area contributed by atoms with Crippen molar-refractivity contribution in [3.05, 3.63) is 83.9 Å². The van der Waals surface area contributed by atoms with Gasteiger partial charge < -0.3 is 4.98 Å². The maximum atomic E-state index is 3.71. The summed E-state index contributed by atoms with van der Waals surface area (Å²) in [5.41, 5.74) is 8.22. The highest BCUT2D eigenvalue weighted by atomic mass is 14.7. The van der Waals surface area contributed by atoms with Crippen LogP contribution in [0.2, 0.25) is 0 Å². The molecule has 0 unspecified atom stereocenters. The third-order valence-electron chi connectivity index (χ3n) is 5.43. The largest absolute Gasteiger partial charge is 0.354 e. The van der Waals surface area contributed by atoms with Crippen molar-refractivity contribution in [2.45, 2.75) is 6.42 Å². The molecule has 0 spiro atoms. The Morgan fingerprint density at radius 2 is 1.38 bits per heavy atom. The average Bonchev–Trinajstić information content (AvgIpc) is 3.21. The number of hydrogen-bond donors (Lipinski definition) is 1. The molecule has 1 heterocycles. The Morgan fingerprint density at radius 3 is 2.29 bits per heavy atom. The van der Waals surface area contributed by atoms with Crippen LogP contribution in [-0.4, -0.2) is 4.98 Å². The molecule has 24 heavy (non-hydrogen) atoms. The first-order valence-electron chi connectivity index (χ1n) is 8.44. The fraction of sp³-hybridized carbons (Fsp3) is 0.0435. The molecule has 5 aromatic rings. The molecule has 1 aliphatic carbocycles. The van der Waals surface area contributed by atoms with Gasteiger partial charge in [-0.15, -0.1) is 0 Å². The molecule has 4 aromatic carbocycles. The summed E-state index contributed by atoms with van der Waals surface area (Å²) in [5, 5.41) is 5.41. The third kappa shape index (κ3) is 1.40. The van der Waals surface area contributed by atoms with Crippen molar-refractivity contribution in [3.63, 3.8) is 0 Å². The van der Waals surface area contributed by atoms with Crippen molar-refractivity contribution in [3.8, 4) is 11.1 Å². The molecule has 1 heteroatoms. The Labute approximate surface area is 139 Å². The van der Waals surface area contributed by atoms with Gasteiger partial charge in [-0.05, 0) is 39.1 Å². The fourth-order valence-electron chi connectivity index (χ4n) is 4.45. The molecule has 1 aromatic heterocycles. The minimum Gasteiger partial charge on any atom is -0.354 e. The van der Waals surface area contributed by atoms with E-state index in [0.717, 1.165) is 6.42 Å². The Morgan fingerprint density at radius 1 is 0.667 bits per heavy atom. The van der Waals surface area contributed by atoms with E-state index in [4.69, 9.17) is 0 Å². The van der Waals surface area contributed by atoms with Crippen LogP contribution in [0.15, 0.2) is 72.8 Å². The number of hydrogen-bond acceptors (Lipinski definition) is 0. The quantitative estimate of drug-likeness (QED) is 0.352. The smallest absolute Gasteiger partial charge is 0.0513 e. The molecule has 6 rings (SSSR count). The van der Waals surface area contributed by atoms with Crippen molar-refractivity contribution in [2.75, 3.05) is 0 Å². The van der Waals surface area contributed by atoms with E-state index in [1.807, 2.05) is 0 Å². The van der Waals surface area contributed by atoms with E-state index in [1.54, 1.807) is 0 Å². The number of benzene rings is 4. The molecule has 0 fully saturated rings. The predicted octanol–water partition coefficient (Wildman–Crippen LogP) is 6.05. The Kier molecular flexibility index (Phi) is 2.20. The Bertz CT molecular complexity index is 1270. The van der Waals surface area contributed by atoms with E-state index in [-0.39, 0.29) is 0 Å². The Hall–Kier alpha value is -3.06. The first kappa shape index (κ1) is 12.4. The molecule has 1 N–H and O–H groups in total. The molecule has 0 radical (unpaired) electrons. The minimum absolute atomic E-state index is 1.01. The summed E-state index contributed by atoms with van der Waals surface area (Å²) in [6.45, 7) is 0. The van der Waals surface area contributed by atoms with Crippen molar-refractivity contribution in [1.82, 2.24) is 4.98 Å². The van der Waals surface area contributed by atoms with Gasteiger partial charge in [-0.1, -0.05) is 66.7 Å². The van der Waals surface area contributed by atoms with Gasteiger partial charge in [0.15, 0.2) is 0 Å². The topological polar surface area (TPSA) is 15.8 Å². The van der Waals surface area contributed by atoms with Gasteiger partial charge in [0.05, 0.1) is 5.52 Å². The first-order chi connectivity index (χ1) is 11.9. The number of aromatic nitrogens is 1. The van der Waals surface area contributed by atoms with Crippen molar-refractivity contribution in [1.29, 1.82) is 0 Å². The fourth-order valence-corrected chi connectivity index (χ4v) is 4.45. The highest BCUT2D eigenvalue weighted by Crippen LogP contribution is 2.47. The van der Waals surface area contributed by atoms with Gasteiger partial charge in [0.25, 0.3) is 0 Å². The van der Waals surface area contributed by atoms with E-state index in [1.165, 1.54) is 54.8 Å². The molecule has 0 aliphatic heterocycles. The van der Waals surface area contributed by atoms with Gasteiger partial charge >= 0.3 is 0 Å². The van der Waals surface area contributed by atoms with Crippen LogP contribution in [0.1, 0.15) is 11.1 Å². The van der Waals surface area contributed by atoms with Crippen LogP contribution in [0.4, 0.5) is 0 Å². The minimum atomic E-state index is 1.01. The number of fused-ring (bicyclic) bond motifs is 10. The summed E-state index contributed by atoms with van der Waals surface area (Å²) in [6, 6.07) is 26.3. The lowest BCUT2D eigenvalue weighted by molar-refractivity contribution is 1.27. The molecule has 0 saturated heterocycles. The monoisotopic (exact) mass is 305 g/mol. The van der Waals surface area contributed by atoms with Crippen LogP contribution in [0.5, 0.6) is 0 Å². The van der Waals surface area contributed by atoms with E-state index >= 15 is 0 Å². The van der Waals surface area contributed by atoms with Gasteiger partial charge in [-0.2, -0.15) is 0 Å². The van der Waals surface area contributed by atoms with Gasteiger partial charge in [-0.25, -0.2) is 0 Å². The number of nitrogens with one attached hydrogen (secondary N) is 1. The second-order valence-electron chi connectivity index (χ2n) is 6.65. The normalized spacial score (nSPS) is 12.8. The second-order valence-corrected chi connectivity index (χ2v) is 6.65. The highest BCUT2D eigenvalue weighted by Gasteiger charge is 2.25. The molecule has 0 amide bonds. The van der Waals surface area contributed by atoms with Gasteiger partial charge in [0, 0.05) is 22.7 Å². The summed E-state index contributed by atoms with van der Waals surface area (Å²) in [5.74, 6) is 0. The lowest BCUT2D eigenvalue weighted by Gasteiger charge is -2.09. The van der Waals surface area contributed by atoms with Crippen molar-refractivity contribution < 1.29 is 0 Å². The van der Waals surface area contributed by atoms with Crippen LogP contribution in [-0.2, 0) is 6.42 Å². The number of H-pyrrole nitrogens is 1. The zero-order valence-corrected chi connectivity index (χ0v) is 13.1. The summed E-state index contributed by atoms with van der Waals surface area (Å²) in [4.78, 5) is 3.71. The molecule has 112 valence electrons. The predicted molar refractivity (Wildman–Crippen MR) is 102 cm³/mol. The van der Waals surface area contributed by atoms with E-state index < -0.39 is 0 Å².